The van der Waals surface area contributed by atoms with Crippen LogP contribution in [0.2, 0.25) is 0 Å². The van der Waals surface area contributed by atoms with Gasteiger partial charge in [-0.25, -0.2) is 9.37 Å². The number of rotatable bonds is 8. The van der Waals surface area contributed by atoms with Gasteiger partial charge in [0, 0.05) is 36.5 Å². The van der Waals surface area contributed by atoms with Gasteiger partial charge in [-0.3, -0.25) is 4.79 Å². The van der Waals surface area contributed by atoms with E-state index in [1.807, 2.05) is 36.5 Å². The number of aromatic nitrogens is 1. The van der Waals surface area contributed by atoms with E-state index in [-0.39, 0.29) is 19.1 Å². The number of furan rings is 1. The first-order valence-electron chi connectivity index (χ1n) is 11.3. The van der Waals surface area contributed by atoms with Crippen molar-refractivity contribution in [3.8, 4) is 0 Å². The fourth-order valence-electron chi connectivity index (χ4n) is 4.50. The molecule has 6 nitrogen and oxygen atoms in total. The Morgan fingerprint density at radius 3 is 2.97 bits per heavy atom. The van der Waals surface area contributed by atoms with E-state index in [1.165, 1.54) is 12.7 Å². The van der Waals surface area contributed by atoms with Crippen LogP contribution < -0.4 is 10.2 Å². The van der Waals surface area contributed by atoms with Gasteiger partial charge in [-0.1, -0.05) is 12.1 Å². The Kier molecular flexibility index (Phi) is 6.27. The Hall–Kier alpha value is -3.71. The van der Waals surface area contributed by atoms with Crippen LogP contribution in [0, 0.1) is 0 Å². The molecule has 1 amide bonds. The number of ether oxygens (including phenoxy) is 1. The van der Waals surface area contributed by atoms with E-state index < -0.39 is 6.17 Å². The molecular formula is C27H26FN3O3. The van der Waals surface area contributed by atoms with Gasteiger partial charge in [0.25, 0.3) is 5.91 Å². The van der Waals surface area contributed by atoms with E-state index in [1.54, 1.807) is 12.3 Å². The summed E-state index contributed by atoms with van der Waals surface area (Å²) in [5.41, 5.74) is 5.74. The summed E-state index contributed by atoms with van der Waals surface area (Å²) >= 11 is 0. The minimum atomic E-state index is -1.23. The van der Waals surface area contributed by atoms with Crippen molar-refractivity contribution in [3.63, 3.8) is 0 Å². The van der Waals surface area contributed by atoms with E-state index in [0.717, 1.165) is 53.0 Å². The molecule has 5 rings (SSSR count). The molecule has 7 heteroatoms. The largest absolute Gasteiger partial charge is 0.464 e. The monoisotopic (exact) mass is 459 g/mol. The second-order valence-corrected chi connectivity index (χ2v) is 8.46. The maximum Gasteiger partial charge on any atom is 0.251 e. The van der Waals surface area contributed by atoms with Gasteiger partial charge >= 0.3 is 0 Å². The maximum atomic E-state index is 13.7. The highest BCUT2D eigenvalue weighted by molar-refractivity contribution is 5.98. The molecule has 4 aromatic rings. The molecule has 34 heavy (non-hydrogen) atoms. The number of fused-ring (bicyclic) bond motifs is 2. The molecule has 174 valence electrons. The Morgan fingerprint density at radius 2 is 2.09 bits per heavy atom. The summed E-state index contributed by atoms with van der Waals surface area (Å²) in [6.07, 6.45) is 3.80. The zero-order valence-corrected chi connectivity index (χ0v) is 19.0. The molecule has 1 N–H and O–H groups in total. The molecule has 0 bridgehead atoms. The van der Waals surface area contributed by atoms with Crippen molar-refractivity contribution in [3.05, 3.63) is 89.3 Å². The molecule has 1 atom stereocenters. The zero-order chi connectivity index (χ0) is 23.5. The summed E-state index contributed by atoms with van der Waals surface area (Å²) in [6, 6.07) is 18.0. The van der Waals surface area contributed by atoms with Crippen molar-refractivity contribution in [2.24, 2.45) is 0 Å². The van der Waals surface area contributed by atoms with Crippen LogP contribution in [0.5, 0.6) is 0 Å². The van der Waals surface area contributed by atoms with Crippen molar-refractivity contribution in [2.75, 3.05) is 31.7 Å². The molecule has 1 aliphatic rings. The first-order valence-corrected chi connectivity index (χ1v) is 11.3. The Balaban J connectivity index is 1.34. The van der Waals surface area contributed by atoms with Crippen LogP contribution in [0.3, 0.4) is 0 Å². The topological polar surface area (TPSA) is 67.6 Å². The van der Waals surface area contributed by atoms with Crippen molar-refractivity contribution < 1.29 is 18.3 Å². The number of carbonyl (C=O) groups is 1. The van der Waals surface area contributed by atoms with Gasteiger partial charge in [0.05, 0.1) is 19.4 Å². The maximum absolute atomic E-state index is 13.7. The summed E-state index contributed by atoms with van der Waals surface area (Å²) in [5, 5.41) is 3.77. The summed E-state index contributed by atoms with van der Waals surface area (Å²) < 4.78 is 24.0. The van der Waals surface area contributed by atoms with Gasteiger partial charge in [0.1, 0.15) is 17.6 Å². The SMILES string of the molecule is COC[C@@H](F)CNC(=O)c1cccc2c1CCN2c1cc(Cc2ccc3occc3c2)ccn1. The Labute approximate surface area is 197 Å². The third-order valence-corrected chi connectivity index (χ3v) is 6.12. The van der Waals surface area contributed by atoms with Crippen molar-refractivity contribution in [1.82, 2.24) is 10.3 Å². The third kappa shape index (κ3) is 4.52. The van der Waals surface area contributed by atoms with Crippen LogP contribution in [0.15, 0.2) is 71.5 Å². The number of carbonyl (C=O) groups excluding carboxylic acids is 1. The fraction of sp³-hybridized carbons (Fsp3) is 0.259. The summed E-state index contributed by atoms with van der Waals surface area (Å²) in [6.45, 7) is 0.611. The molecule has 0 saturated carbocycles. The van der Waals surface area contributed by atoms with E-state index >= 15 is 0 Å². The molecule has 0 spiro atoms. The molecule has 0 unspecified atom stereocenters. The normalized spacial score (nSPS) is 13.8. The predicted octanol–water partition coefficient (Wildman–Crippen LogP) is 4.83. The minimum Gasteiger partial charge on any atom is -0.464 e. The third-order valence-electron chi connectivity index (χ3n) is 6.12. The highest BCUT2D eigenvalue weighted by Crippen LogP contribution is 2.36. The van der Waals surface area contributed by atoms with Crippen molar-refractivity contribution >= 4 is 28.4 Å². The minimum absolute atomic E-state index is 0.0428. The molecule has 0 radical (unpaired) electrons. The smallest absolute Gasteiger partial charge is 0.251 e. The molecule has 0 fully saturated rings. The molecule has 3 heterocycles. The van der Waals surface area contributed by atoms with Crippen LogP contribution >= 0.6 is 0 Å². The lowest BCUT2D eigenvalue weighted by atomic mass is 10.0. The molecule has 0 aliphatic carbocycles. The first-order chi connectivity index (χ1) is 16.6. The molecular weight excluding hydrogens is 433 g/mol. The van der Waals surface area contributed by atoms with E-state index in [2.05, 4.69) is 33.4 Å². The average Bonchev–Trinajstić information content (AvgIpc) is 3.49. The van der Waals surface area contributed by atoms with Gasteiger partial charge < -0.3 is 19.4 Å². The number of hydrogen-bond acceptors (Lipinski definition) is 5. The van der Waals surface area contributed by atoms with Crippen LogP contribution in [0.1, 0.15) is 27.0 Å². The highest BCUT2D eigenvalue weighted by Gasteiger charge is 2.26. The fourth-order valence-corrected chi connectivity index (χ4v) is 4.50. The highest BCUT2D eigenvalue weighted by atomic mass is 19.1. The van der Waals surface area contributed by atoms with Crippen LogP contribution in [-0.2, 0) is 17.6 Å². The van der Waals surface area contributed by atoms with Crippen molar-refractivity contribution in [1.29, 1.82) is 0 Å². The number of benzene rings is 2. The summed E-state index contributed by atoms with van der Waals surface area (Å²) in [7, 11) is 1.44. The van der Waals surface area contributed by atoms with Gasteiger partial charge in [-0.15, -0.1) is 0 Å². The van der Waals surface area contributed by atoms with Gasteiger partial charge in [0.2, 0.25) is 0 Å². The number of halogens is 1. The number of amides is 1. The lowest BCUT2D eigenvalue weighted by molar-refractivity contribution is 0.0901. The number of alkyl halides is 1. The summed E-state index contributed by atoms with van der Waals surface area (Å²) in [5.74, 6) is 0.580. The van der Waals surface area contributed by atoms with Gasteiger partial charge in [-0.05, 0) is 72.0 Å². The number of hydrogen-bond donors (Lipinski definition) is 1. The molecule has 2 aromatic heterocycles. The van der Waals surface area contributed by atoms with Crippen molar-refractivity contribution in [2.45, 2.75) is 19.0 Å². The van der Waals surface area contributed by atoms with Gasteiger partial charge in [-0.2, -0.15) is 0 Å². The zero-order valence-electron chi connectivity index (χ0n) is 19.0. The lowest BCUT2D eigenvalue weighted by Gasteiger charge is -2.19. The second kappa shape index (κ2) is 9.65. The molecule has 1 aliphatic heterocycles. The van der Waals surface area contributed by atoms with E-state index in [0.29, 0.717) is 5.56 Å². The van der Waals surface area contributed by atoms with Crippen LogP contribution in [-0.4, -0.2) is 43.9 Å². The van der Waals surface area contributed by atoms with E-state index in [9.17, 15) is 9.18 Å². The number of methoxy groups -OCH3 is 1. The number of anilines is 2. The van der Waals surface area contributed by atoms with Crippen LogP contribution in [0.4, 0.5) is 15.9 Å². The number of pyridine rings is 1. The van der Waals surface area contributed by atoms with Crippen LogP contribution in [0.25, 0.3) is 11.0 Å². The quantitative estimate of drug-likeness (QED) is 0.409. The second-order valence-electron chi connectivity index (χ2n) is 8.46. The standard InChI is InChI=1S/C27H26FN3O3/c1-33-17-21(28)16-30-27(32)23-3-2-4-24-22(23)8-11-31(24)26-15-19(7-10-29-26)13-18-5-6-25-20(14-18)9-12-34-25/h2-7,9-10,12,14-15,21H,8,11,13,16-17H2,1H3,(H,30,32)/t21-/m0/s1. The number of nitrogens with zero attached hydrogens (tertiary/aromatic N) is 2. The summed E-state index contributed by atoms with van der Waals surface area (Å²) in [4.78, 5) is 19.5. The number of nitrogens with one attached hydrogen (secondary N) is 1. The van der Waals surface area contributed by atoms with Gasteiger partial charge in [0.15, 0.2) is 0 Å². The lowest BCUT2D eigenvalue weighted by Crippen LogP contribution is -2.32. The predicted molar refractivity (Wildman–Crippen MR) is 130 cm³/mol. The molecule has 2 aromatic carbocycles. The Bertz CT molecular complexity index is 1320. The van der Waals surface area contributed by atoms with E-state index in [4.69, 9.17) is 9.15 Å². The first kappa shape index (κ1) is 22.1. The molecule has 0 saturated heterocycles. The average molecular weight is 460 g/mol. The Morgan fingerprint density at radius 1 is 1.21 bits per heavy atom.